The van der Waals surface area contributed by atoms with Gasteiger partial charge in [0.1, 0.15) is 17.3 Å². The highest BCUT2D eigenvalue weighted by Gasteiger charge is 2.28. The summed E-state index contributed by atoms with van der Waals surface area (Å²) in [4.78, 5) is 23.1. The molecule has 0 radical (unpaired) electrons. The molecule has 226 valence electrons. The summed E-state index contributed by atoms with van der Waals surface area (Å²) in [5.74, 6) is 0.242. The predicted octanol–water partition coefficient (Wildman–Crippen LogP) is 5.03. The number of aliphatic carboxylic acids is 1. The zero-order valence-electron chi connectivity index (χ0n) is 24.7. The van der Waals surface area contributed by atoms with Gasteiger partial charge in [0.15, 0.2) is 0 Å². The van der Waals surface area contributed by atoms with Crippen molar-refractivity contribution in [3.05, 3.63) is 108 Å². The Hall–Kier alpha value is -5.60. The SMILES string of the molecule is COC[C@@H](Nc1cc(-c2cn(Cc3cccc(N4CC[C@H](C(=O)O)C4)n3)nn2)cc(-c2cccc(C#N)c2)n1)c1ccccc1. The number of aromatic nitrogens is 5. The second kappa shape index (κ2) is 13.4. The Morgan fingerprint density at radius 1 is 1.04 bits per heavy atom. The monoisotopic (exact) mass is 600 g/mol. The van der Waals surface area contributed by atoms with Crippen LogP contribution in [-0.4, -0.2) is 62.8 Å². The van der Waals surface area contributed by atoms with Crippen LogP contribution in [0.25, 0.3) is 22.5 Å². The minimum atomic E-state index is -0.770. The number of methoxy groups -OCH3 is 1. The van der Waals surface area contributed by atoms with Gasteiger partial charge in [-0.15, -0.1) is 5.10 Å². The van der Waals surface area contributed by atoms with Crippen LogP contribution in [0.4, 0.5) is 11.6 Å². The van der Waals surface area contributed by atoms with Crippen LogP contribution in [0.15, 0.2) is 91.1 Å². The highest BCUT2D eigenvalue weighted by atomic mass is 16.5. The van der Waals surface area contributed by atoms with Gasteiger partial charge in [0, 0.05) is 31.3 Å². The van der Waals surface area contributed by atoms with Gasteiger partial charge >= 0.3 is 5.97 Å². The van der Waals surface area contributed by atoms with Crippen LogP contribution in [0.2, 0.25) is 0 Å². The Morgan fingerprint density at radius 2 is 1.89 bits per heavy atom. The van der Waals surface area contributed by atoms with Crippen LogP contribution < -0.4 is 10.2 Å². The van der Waals surface area contributed by atoms with E-state index in [1.807, 2.05) is 90.0 Å². The summed E-state index contributed by atoms with van der Waals surface area (Å²) in [6.07, 6.45) is 2.47. The maximum Gasteiger partial charge on any atom is 0.308 e. The zero-order valence-corrected chi connectivity index (χ0v) is 24.7. The maximum absolute atomic E-state index is 11.4. The normalized spacial score (nSPS) is 15.0. The van der Waals surface area contributed by atoms with Gasteiger partial charge in [-0.2, -0.15) is 5.26 Å². The third-order valence-electron chi connectivity index (χ3n) is 7.78. The third-order valence-corrected chi connectivity index (χ3v) is 7.78. The van der Waals surface area contributed by atoms with Crippen molar-refractivity contribution in [3.63, 3.8) is 0 Å². The Kier molecular flexibility index (Phi) is 8.75. The summed E-state index contributed by atoms with van der Waals surface area (Å²) < 4.78 is 7.25. The van der Waals surface area contributed by atoms with E-state index in [4.69, 9.17) is 14.7 Å². The van der Waals surface area contributed by atoms with Crippen LogP contribution in [0.1, 0.15) is 29.3 Å². The average Bonchev–Trinajstić information content (AvgIpc) is 3.76. The van der Waals surface area contributed by atoms with Gasteiger partial charge in [-0.1, -0.05) is 53.7 Å². The lowest BCUT2D eigenvalue weighted by Crippen LogP contribution is -2.23. The number of benzene rings is 2. The molecule has 0 unspecified atom stereocenters. The number of carboxylic acid groups (broad SMARTS) is 1. The first-order valence-corrected chi connectivity index (χ1v) is 14.7. The first-order valence-electron chi connectivity index (χ1n) is 14.7. The van der Waals surface area contributed by atoms with Crippen molar-refractivity contribution in [2.75, 3.05) is 37.0 Å². The van der Waals surface area contributed by atoms with E-state index < -0.39 is 5.97 Å². The van der Waals surface area contributed by atoms with Gasteiger partial charge in [-0.3, -0.25) is 4.79 Å². The number of hydrogen-bond donors (Lipinski definition) is 2. The molecule has 2 atom stereocenters. The van der Waals surface area contributed by atoms with Crippen molar-refractivity contribution in [1.82, 2.24) is 25.0 Å². The minimum Gasteiger partial charge on any atom is -0.481 e. The van der Waals surface area contributed by atoms with Gasteiger partial charge in [0.25, 0.3) is 0 Å². The smallest absolute Gasteiger partial charge is 0.308 e. The van der Waals surface area contributed by atoms with E-state index in [0.29, 0.717) is 55.4 Å². The lowest BCUT2D eigenvalue weighted by atomic mass is 10.0. The number of ether oxygens (including phenoxy) is 1. The molecule has 1 aliphatic rings. The third kappa shape index (κ3) is 6.98. The summed E-state index contributed by atoms with van der Waals surface area (Å²) >= 11 is 0. The number of nitrogens with one attached hydrogen (secondary N) is 1. The van der Waals surface area contributed by atoms with Crippen LogP contribution >= 0.6 is 0 Å². The van der Waals surface area contributed by atoms with E-state index >= 15 is 0 Å². The number of hydrogen-bond acceptors (Lipinski definition) is 9. The number of nitrogens with zero attached hydrogens (tertiary/aromatic N) is 7. The first-order chi connectivity index (χ1) is 22.0. The number of carboxylic acids is 1. The first kappa shape index (κ1) is 29.5. The summed E-state index contributed by atoms with van der Waals surface area (Å²) in [6.45, 7) is 1.95. The van der Waals surface area contributed by atoms with Crippen molar-refractivity contribution >= 4 is 17.6 Å². The van der Waals surface area contributed by atoms with Crippen LogP contribution in [-0.2, 0) is 16.1 Å². The molecule has 1 aliphatic heterocycles. The van der Waals surface area contributed by atoms with Crippen molar-refractivity contribution in [3.8, 4) is 28.6 Å². The van der Waals surface area contributed by atoms with Crippen LogP contribution in [0.3, 0.4) is 0 Å². The minimum absolute atomic E-state index is 0.146. The predicted molar refractivity (Wildman–Crippen MR) is 169 cm³/mol. The summed E-state index contributed by atoms with van der Waals surface area (Å²) in [5, 5.41) is 31.2. The summed E-state index contributed by atoms with van der Waals surface area (Å²) in [7, 11) is 1.67. The summed E-state index contributed by atoms with van der Waals surface area (Å²) in [5.41, 5.74) is 5.35. The maximum atomic E-state index is 11.4. The molecule has 2 N–H and O–H groups in total. The fourth-order valence-electron chi connectivity index (χ4n) is 5.48. The number of anilines is 2. The molecule has 11 heteroatoms. The number of pyridine rings is 2. The van der Waals surface area contributed by atoms with Crippen molar-refractivity contribution < 1.29 is 14.6 Å². The lowest BCUT2D eigenvalue weighted by Gasteiger charge is -2.20. The Bertz CT molecular complexity index is 1830. The zero-order chi connectivity index (χ0) is 31.2. The second-order valence-electron chi connectivity index (χ2n) is 10.9. The highest BCUT2D eigenvalue weighted by Crippen LogP contribution is 2.30. The molecule has 2 aromatic carbocycles. The van der Waals surface area contributed by atoms with E-state index in [1.54, 1.807) is 17.9 Å². The van der Waals surface area contributed by atoms with E-state index in [2.05, 4.69) is 21.7 Å². The van der Waals surface area contributed by atoms with E-state index in [9.17, 15) is 15.2 Å². The van der Waals surface area contributed by atoms with Crippen molar-refractivity contribution in [1.29, 1.82) is 5.26 Å². The molecule has 3 aromatic heterocycles. The van der Waals surface area contributed by atoms with Gasteiger partial charge in [-0.05, 0) is 48.4 Å². The molecule has 5 aromatic rings. The number of rotatable bonds is 11. The molecule has 0 amide bonds. The fourth-order valence-corrected chi connectivity index (χ4v) is 5.48. The summed E-state index contributed by atoms with van der Waals surface area (Å²) in [6, 6.07) is 29.1. The van der Waals surface area contributed by atoms with Crippen molar-refractivity contribution in [2.45, 2.75) is 19.0 Å². The Morgan fingerprint density at radius 3 is 2.67 bits per heavy atom. The fraction of sp³-hybridized carbons (Fsp3) is 0.235. The van der Waals surface area contributed by atoms with Gasteiger partial charge in [0.05, 0.1) is 54.3 Å². The van der Waals surface area contributed by atoms with Crippen LogP contribution in [0, 0.1) is 17.2 Å². The molecule has 1 saturated heterocycles. The Balaban J connectivity index is 1.29. The largest absolute Gasteiger partial charge is 0.481 e. The molecule has 1 fully saturated rings. The number of nitriles is 1. The van der Waals surface area contributed by atoms with Crippen LogP contribution in [0.5, 0.6) is 0 Å². The molecule has 45 heavy (non-hydrogen) atoms. The molecule has 0 aliphatic carbocycles. The molecule has 6 rings (SSSR count). The topological polar surface area (TPSA) is 142 Å². The van der Waals surface area contributed by atoms with E-state index in [-0.39, 0.29) is 12.0 Å². The lowest BCUT2D eigenvalue weighted by molar-refractivity contribution is -0.140. The van der Waals surface area contributed by atoms with Gasteiger partial charge < -0.3 is 20.1 Å². The Labute approximate surface area is 260 Å². The molecule has 11 nitrogen and oxygen atoms in total. The quantitative estimate of drug-likeness (QED) is 0.212. The molecule has 4 heterocycles. The van der Waals surface area contributed by atoms with E-state index in [0.717, 1.165) is 28.2 Å². The number of carbonyl (C=O) groups is 1. The van der Waals surface area contributed by atoms with E-state index in [1.165, 1.54) is 0 Å². The molecule has 0 bridgehead atoms. The van der Waals surface area contributed by atoms with Crippen molar-refractivity contribution in [2.24, 2.45) is 5.92 Å². The molecular weight excluding hydrogens is 568 g/mol. The molecular formula is C34H32N8O3. The second-order valence-corrected chi connectivity index (χ2v) is 10.9. The van der Waals surface area contributed by atoms with Gasteiger partial charge in [-0.25, -0.2) is 14.6 Å². The average molecular weight is 601 g/mol. The molecule has 0 spiro atoms. The highest BCUT2D eigenvalue weighted by molar-refractivity contribution is 5.73. The van der Waals surface area contributed by atoms with Gasteiger partial charge in [0.2, 0.25) is 0 Å². The molecule has 0 saturated carbocycles. The standard InChI is InChI=1S/C34H32N8O3/c1-45-22-31(24-8-3-2-4-9-24)38-32-17-27(16-29(37-32)25-10-5-7-23(15-25)18-35)30-21-42(40-39-30)20-28-11-6-12-33(36-28)41-14-13-26(19-41)34(43)44/h2-12,15-17,21,26,31H,13-14,19-20,22H2,1H3,(H,37,38)(H,43,44)/t26-,31+/m0/s1.